The fourth-order valence-corrected chi connectivity index (χ4v) is 1.01. The SMILES string of the molecule is CSC(=S)C(C#N)=C(C)N. The molecule has 54 valence electrons. The summed E-state index contributed by atoms with van der Waals surface area (Å²) in [5.74, 6) is 0. The first-order chi connectivity index (χ1) is 4.63. The minimum atomic E-state index is 0.419. The molecule has 0 amide bonds. The van der Waals surface area contributed by atoms with Crippen molar-refractivity contribution in [2.45, 2.75) is 6.92 Å². The molecule has 0 atom stereocenters. The summed E-state index contributed by atoms with van der Waals surface area (Å²) in [5, 5.41) is 8.51. The van der Waals surface area contributed by atoms with Crippen LogP contribution in [-0.2, 0) is 0 Å². The van der Waals surface area contributed by atoms with Gasteiger partial charge >= 0.3 is 0 Å². The van der Waals surface area contributed by atoms with Gasteiger partial charge in [0.1, 0.15) is 6.07 Å². The Kier molecular flexibility index (Phi) is 4.08. The lowest BCUT2D eigenvalue weighted by atomic mass is 10.3. The number of thiocarbonyl (C=S) groups is 1. The Morgan fingerprint density at radius 1 is 1.70 bits per heavy atom. The Morgan fingerprint density at radius 2 is 2.20 bits per heavy atom. The lowest BCUT2D eigenvalue weighted by Gasteiger charge is -1.97. The summed E-state index contributed by atoms with van der Waals surface area (Å²) in [6.45, 7) is 1.67. The van der Waals surface area contributed by atoms with Gasteiger partial charge in [0, 0.05) is 5.70 Å². The predicted molar refractivity (Wildman–Crippen MR) is 48.6 cm³/mol. The molecule has 0 aliphatic carbocycles. The Bertz CT molecular complexity index is 208. The predicted octanol–water partition coefficient (Wildman–Crippen LogP) is 1.43. The molecule has 0 aromatic carbocycles. The Balaban J connectivity index is 4.59. The second-order valence-corrected chi connectivity index (χ2v) is 3.14. The molecular weight excluding hydrogens is 164 g/mol. The first kappa shape index (κ1) is 9.47. The molecule has 0 bridgehead atoms. The van der Waals surface area contributed by atoms with E-state index in [0.29, 0.717) is 15.5 Å². The molecule has 4 heteroatoms. The molecule has 2 nitrogen and oxygen atoms in total. The van der Waals surface area contributed by atoms with Crippen LogP contribution in [0.5, 0.6) is 0 Å². The molecule has 10 heavy (non-hydrogen) atoms. The molecule has 0 fully saturated rings. The first-order valence-corrected chi connectivity index (χ1v) is 4.21. The molecule has 0 aliphatic heterocycles. The van der Waals surface area contributed by atoms with Crippen molar-refractivity contribution in [1.29, 1.82) is 5.26 Å². The van der Waals surface area contributed by atoms with Gasteiger partial charge in [0.2, 0.25) is 0 Å². The van der Waals surface area contributed by atoms with Crippen LogP contribution < -0.4 is 5.73 Å². The molecule has 0 radical (unpaired) electrons. The molecule has 2 N–H and O–H groups in total. The van der Waals surface area contributed by atoms with Crippen LogP contribution in [0.1, 0.15) is 6.92 Å². The van der Waals surface area contributed by atoms with E-state index < -0.39 is 0 Å². The van der Waals surface area contributed by atoms with Gasteiger partial charge in [-0.05, 0) is 13.2 Å². The fraction of sp³-hybridized carbons (Fsp3) is 0.333. The van der Waals surface area contributed by atoms with Crippen LogP contribution in [0.3, 0.4) is 0 Å². The van der Waals surface area contributed by atoms with Crippen LogP contribution in [0.4, 0.5) is 0 Å². The van der Waals surface area contributed by atoms with E-state index in [9.17, 15) is 0 Å². The maximum absolute atomic E-state index is 8.51. The quantitative estimate of drug-likeness (QED) is 0.369. The Labute approximate surface area is 70.1 Å². The first-order valence-electron chi connectivity index (χ1n) is 2.58. The maximum Gasteiger partial charge on any atom is 0.103 e. The van der Waals surface area contributed by atoms with Crippen molar-refractivity contribution in [2.24, 2.45) is 5.73 Å². The van der Waals surface area contributed by atoms with Gasteiger partial charge in [-0.3, -0.25) is 0 Å². The van der Waals surface area contributed by atoms with E-state index in [1.165, 1.54) is 11.8 Å². The van der Waals surface area contributed by atoms with E-state index in [-0.39, 0.29) is 0 Å². The number of hydrogen-bond donors (Lipinski definition) is 1. The highest BCUT2D eigenvalue weighted by atomic mass is 32.2. The third-order valence-electron chi connectivity index (χ3n) is 0.896. The van der Waals surface area contributed by atoms with Crippen molar-refractivity contribution in [1.82, 2.24) is 0 Å². The van der Waals surface area contributed by atoms with Crippen molar-refractivity contribution >= 4 is 28.2 Å². The van der Waals surface area contributed by atoms with Gasteiger partial charge in [0.25, 0.3) is 0 Å². The molecule has 0 spiro atoms. The zero-order chi connectivity index (χ0) is 8.15. The highest BCUT2D eigenvalue weighted by Crippen LogP contribution is 2.10. The van der Waals surface area contributed by atoms with Gasteiger partial charge in [-0.1, -0.05) is 12.2 Å². The van der Waals surface area contributed by atoms with Crippen LogP contribution in [0.2, 0.25) is 0 Å². The number of nitrogens with zero attached hydrogens (tertiary/aromatic N) is 1. The van der Waals surface area contributed by atoms with Crippen LogP contribution in [0.15, 0.2) is 11.3 Å². The van der Waals surface area contributed by atoms with E-state index in [4.69, 9.17) is 23.2 Å². The van der Waals surface area contributed by atoms with Gasteiger partial charge in [-0.2, -0.15) is 5.26 Å². The van der Waals surface area contributed by atoms with E-state index >= 15 is 0 Å². The largest absolute Gasteiger partial charge is 0.401 e. The second-order valence-electron chi connectivity index (χ2n) is 1.66. The summed E-state index contributed by atoms with van der Waals surface area (Å²) in [7, 11) is 0. The normalized spacial score (nSPS) is 11.7. The zero-order valence-corrected chi connectivity index (χ0v) is 7.47. The molecule has 0 saturated carbocycles. The molecular formula is C6H8N2S2. The van der Waals surface area contributed by atoms with Gasteiger partial charge in [-0.15, -0.1) is 11.8 Å². The standard InChI is InChI=1S/C6H8N2S2/c1-4(8)5(3-7)6(9)10-2/h8H2,1-2H3. The molecule has 0 unspecified atom stereocenters. The summed E-state index contributed by atoms with van der Waals surface area (Å²) in [6.07, 6.45) is 1.82. The van der Waals surface area contributed by atoms with Crippen molar-refractivity contribution < 1.29 is 0 Å². The highest BCUT2D eigenvalue weighted by Gasteiger charge is 2.03. The average molecular weight is 172 g/mol. The monoisotopic (exact) mass is 172 g/mol. The molecule has 0 aromatic heterocycles. The van der Waals surface area contributed by atoms with Crippen LogP contribution in [0.25, 0.3) is 0 Å². The van der Waals surface area contributed by atoms with E-state index in [1.807, 2.05) is 12.3 Å². The van der Waals surface area contributed by atoms with Gasteiger partial charge in [-0.25, -0.2) is 0 Å². The second kappa shape index (κ2) is 4.31. The lowest BCUT2D eigenvalue weighted by molar-refractivity contribution is 1.29. The lowest BCUT2D eigenvalue weighted by Crippen LogP contribution is -2.02. The molecule has 0 saturated heterocycles. The molecule has 0 aromatic rings. The van der Waals surface area contributed by atoms with Gasteiger partial charge in [0.15, 0.2) is 0 Å². The van der Waals surface area contributed by atoms with Crippen LogP contribution >= 0.6 is 24.0 Å². The van der Waals surface area contributed by atoms with Crippen molar-refractivity contribution in [3.05, 3.63) is 11.3 Å². The van der Waals surface area contributed by atoms with Crippen LogP contribution in [0, 0.1) is 11.3 Å². The zero-order valence-electron chi connectivity index (χ0n) is 5.84. The maximum atomic E-state index is 8.51. The summed E-state index contributed by atoms with van der Waals surface area (Å²) >= 11 is 6.21. The molecule has 0 aliphatic rings. The summed E-state index contributed by atoms with van der Waals surface area (Å²) < 4.78 is 0.558. The van der Waals surface area contributed by atoms with Crippen LogP contribution in [-0.4, -0.2) is 10.5 Å². The Hall–Kier alpha value is -0.530. The van der Waals surface area contributed by atoms with E-state index in [1.54, 1.807) is 6.92 Å². The number of nitriles is 1. The average Bonchev–Trinajstić information content (AvgIpc) is 1.88. The van der Waals surface area contributed by atoms with Crippen molar-refractivity contribution in [3.8, 4) is 6.07 Å². The number of nitrogens with two attached hydrogens (primary N) is 1. The minimum absolute atomic E-state index is 0.419. The van der Waals surface area contributed by atoms with Gasteiger partial charge in [0.05, 0.1) is 9.77 Å². The Morgan fingerprint density at radius 3 is 2.30 bits per heavy atom. The highest BCUT2D eigenvalue weighted by molar-refractivity contribution is 8.23. The van der Waals surface area contributed by atoms with E-state index in [0.717, 1.165) is 0 Å². The summed E-state index contributed by atoms with van der Waals surface area (Å²) in [6, 6.07) is 1.94. The summed E-state index contributed by atoms with van der Waals surface area (Å²) in [4.78, 5) is 0. The fourth-order valence-electron chi connectivity index (χ4n) is 0.397. The topological polar surface area (TPSA) is 49.8 Å². The number of allylic oxidation sites excluding steroid dienone is 1. The van der Waals surface area contributed by atoms with Crippen molar-refractivity contribution in [2.75, 3.05) is 6.26 Å². The number of thioether (sulfide) groups is 1. The van der Waals surface area contributed by atoms with Gasteiger partial charge < -0.3 is 5.73 Å². The molecule has 0 rings (SSSR count). The van der Waals surface area contributed by atoms with Crippen molar-refractivity contribution in [3.63, 3.8) is 0 Å². The summed E-state index contributed by atoms with van der Waals surface area (Å²) in [5.41, 5.74) is 6.29. The number of rotatable bonds is 1. The van der Waals surface area contributed by atoms with E-state index in [2.05, 4.69) is 0 Å². The minimum Gasteiger partial charge on any atom is -0.401 e. The smallest absolute Gasteiger partial charge is 0.103 e. The third-order valence-corrected chi connectivity index (χ3v) is 2.17. The molecule has 0 heterocycles. The number of hydrogen-bond acceptors (Lipinski definition) is 4. The third kappa shape index (κ3) is 2.38.